The molecule has 2 N–H and O–H groups in total. The Morgan fingerprint density at radius 2 is 2.09 bits per heavy atom. The smallest absolute Gasteiger partial charge is 0.319 e. The minimum Gasteiger partial charge on any atom is -0.372 e. The van der Waals surface area contributed by atoms with Crippen molar-refractivity contribution in [1.82, 2.24) is 15.1 Å². The third kappa shape index (κ3) is 4.33. The second-order valence-electron chi connectivity index (χ2n) is 4.99. The second kappa shape index (κ2) is 7.61. The number of nitrogens with zero attached hydrogens (tertiary/aromatic N) is 2. The van der Waals surface area contributed by atoms with Gasteiger partial charge in [-0.3, -0.25) is 4.68 Å². The van der Waals surface area contributed by atoms with E-state index in [1.807, 2.05) is 51.2 Å². The molecule has 1 aromatic heterocycles. The molecule has 0 fully saturated rings. The van der Waals surface area contributed by atoms with Crippen molar-refractivity contribution in [3.05, 3.63) is 47.8 Å². The quantitative estimate of drug-likeness (QED) is 0.862. The Morgan fingerprint density at radius 1 is 1.36 bits per heavy atom. The molecule has 0 spiro atoms. The van der Waals surface area contributed by atoms with Gasteiger partial charge >= 0.3 is 6.03 Å². The number of benzene rings is 1. The van der Waals surface area contributed by atoms with Crippen molar-refractivity contribution in [2.45, 2.75) is 20.0 Å². The molecule has 0 aliphatic heterocycles. The molecule has 6 nitrogen and oxygen atoms in total. The van der Waals surface area contributed by atoms with Crippen LogP contribution in [0.1, 0.15) is 24.3 Å². The second-order valence-corrected chi connectivity index (χ2v) is 4.99. The van der Waals surface area contributed by atoms with E-state index in [9.17, 15) is 4.79 Å². The summed E-state index contributed by atoms with van der Waals surface area (Å²) >= 11 is 0. The lowest BCUT2D eigenvalue weighted by molar-refractivity contribution is 0.0643. The van der Waals surface area contributed by atoms with Crippen LogP contribution in [0.2, 0.25) is 0 Å². The lowest BCUT2D eigenvalue weighted by Gasteiger charge is -2.18. The molecule has 2 amide bonds. The van der Waals surface area contributed by atoms with Crippen LogP contribution in [0.5, 0.6) is 0 Å². The van der Waals surface area contributed by atoms with E-state index in [2.05, 4.69) is 15.7 Å². The first-order valence-electron chi connectivity index (χ1n) is 7.31. The van der Waals surface area contributed by atoms with Gasteiger partial charge in [0.25, 0.3) is 0 Å². The summed E-state index contributed by atoms with van der Waals surface area (Å²) in [6.07, 6.45) is 1.61. The predicted molar refractivity (Wildman–Crippen MR) is 85.8 cm³/mol. The number of nitrogens with one attached hydrogen (secondary N) is 2. The average molecular weight is 302 g/mol. The first-order valence-corrected chi connectivity index (χ1v) is 7.31. The summed E-state index contributed by atoms with van der Waals surface area (Å²) in [6.45, 7) is 4.78. The highest BCUT2D eigenvalue weighted by molar-refractivity contribution is 5.89. The summed E-state index contributed by atoms with van der Waals surface area (Å²) in [7, 11) is 1.82. The Morgan fingerprint density at radius 3 is 2.68 bits per heavy atom. The lowest BCUT2D eigenvalue weighted by Crippen LogP contribution is -2.33. The van der Waals surface area contributed by atoms with E-state index in [-0.39, 0.29) is 12.1 Å². The fourth-order valence-electron chi connectivity index (χ4n) is 2.22. The van der Waals surface area contributed by atoms with E-state index in [0.29, 0.717) is 18.8 Å². The van der Waals surface area contributed by atoms with Crippen molar-refractivity contribution in [1.29, 1.82) is 0 Å². The highest BCUT2D eigenvalue weighted by Gasteiger charge is 2.13. The molecular weight excluding hydrogens is 280 g/mol. The van der Waals surface area contributed by atoms with Gasteiger partial charge in [-0.15, -0.1) is 0 Å². The molecular formula is C16H22N4O2. The van der Waals surface area contributed by atoms with E-state index in [1.165, 1.54) is 0 Å². The van der Waals surface area contributed by atoms with Crippen LogP contribution in [0, 0.1) is 6.92 Å². The van der Waals surface area contributed by atoms with E-state index in [4.69, 9.17) is 4.74 Å². The molecule has 118 valence electrons. The van der Waals surface area contributed by atoms with Crippen LogP contribution in [-0.4, -0.2) is 29.0 Å². The van der Waals surface area contributed by atoms with Crippen molar-refractivity contribution in [3.63, 3.8) is 0 Å². The number of ether oxygens (including phenoxy) is 1. The zero-order chi connectivity index (χ0) is 15.9. The van der Waals surface area contributed by atoms with Crippen LogP contribution in [0.15, 0.2) is 36.5 Å². The lowest BCUT2D eigenvalue weighted by atomic mass is 10.1. The van der Waals surface area contributed by atoms with Gasteiger partial charge in [-0.05, 0) is 19.4 Å². The third-order valence-corrected chi connectivity index (χ3v) is 3.25. The summed E-state index contributed by atoms with van der Waals surface area (Å²) < 4.78 is 7.36. The van der Waals surface area contributed by atoms with E-state index in [1.54, 1.807) is 10.9 Å². The fourth-order valence-corrected chi connectivity index (χ4v) is 2.22. The molecule has 0 bridgehead atoms. The van der Waals surface area contributed by atoms with E-state index in [0.717, 1.165) is 11.3 Å². The van der Waals surface area contributed by atoms with Crippen LogP contribution in [0.25, 0.3) is 0 Å². The van der Waals surface area contributed by atoms with Crippen molar-refractivity contribution in [2.24, 2.45) is 7.05 Å². The number of aryl methyl sites for hydroxylation is 2. The van der Waals surface area contributed by atoms with Gasteiger partial charge in [-0.25, -0.2) is 4.79 Å². The summed E-state index contributed by atoms with van der Waals surface area (Å²) in [4.78, 5) is 12.0. The van der Waals surface area contributed by atoms with E-state index < -0.39 is 0 Å². The van der Waals surface area contributed by atoms with Gasteiger partial charge in [0.05, 0.1) is 17.5 Å². The number of hydrogen-bond donors (Lipinski definition) is 2. The van der Waals surface area contributed by atoms with Gasteiger partial charge in [0.2, 0.25) is 0 Å². The number of carbonyl (C=O) groups excluding carboxylic acids is 1. The first-order chi connectivity index (χ1) is 10.6. The Labute approximate surface area is 130 Å². The number of aromatic nitrogens is 2. The number of anilines is 1. The Hall–Kier alpha value is -2.34. The summed E-state index contributed by atoms with van der Waals surface area (Å²) in [6, 6.07) is 9.59. The Balaban J connectivity index is 1.92. The number of carbonyl (C=O) groups is 1. The zero-order valence-corrected chi connectivity index (χ0v) is 13.2. The largest absolute Gasteiger partial charge is 0.372 e. The van der Waals surface area contributed by atoms with E-state index >= 15 is 0 Å². The predicted octanol–water partition coefficient (Wildman–Crippen LogP) is 2.63. The monoisotopic (exact) mass is 302 g/mol. The van der Waals surface area contributed by atoms with Crippen LogP contribution < -0.4 is 10.6 Å². The maximum absolute atomic E-state index is 12.0. The number of rotatable bonds is 6. The molecule has 1 aromatic carbocycles. The van der Waals surface area contributed by atoms with Gasteiger partial charge in [-0.1, -0.05) is 30.3 Å². The first kappa shape index (κ1) is 16.0. The summed E-state index contributed by atoms with van der Waals surface area (Å²) in [5.41, 5.74) is 2.52. The molecule has 1 heterocycles. The Bertz CT molecular complexity index is 610. The normalized spacial score (nSPS) is 12.0. The van der Waals surface area contributed by atoms with Crippen LogP contribution in [0.3, 0.4) is 0 Å². The molecule has 2 rings (SSSR count). The molecule has 0 saturated carbocycles. The maximum atomic E-state index is 12.0. The number of amides is 2. The number of hydrogen-bond acceptors (Lipinski definition) is 3. The van der Waals surface area contributed by atoms with Crippen molar-refractivity contribution in [2.75, 3.05) is 18.5 Å². The molecule has 0 radical (unpaired) electrons. The fraction of sp³-hybridized carbons (Fsp3) is 0.375. The highest BCUT2D eigenvalue weighted by Crippen LogP contribution is 2.16. The third-order valence-electron chi connectivity index (χ3n) is 3.25. The molecule has 6 heteroatoms. The van der Waals surface area contributed by atoms with Crippen molar-refractivity contribution in [3.8, 4) is 0 Å². The molecule has 0 aliphatic rings. The maximum Gasteiger partial charge on any atom is 0.319 e. The topological polar surface area (TPSA) is 68.2 Å². The van der Waals surface area contributed by atoms with Crippen LogP contribution >= 0.6 is 0 Å². The highest BCUT2D eigenvalue weighted by atomic mass is 16.5. The zero-order valence-electron chi connectivity index (χ0n) is 13.2. The van der Waals surface area contributed by atoms with Crippen LogP contribution in [-0.2, 0) is 11.8 Å². The molecule has 1 atom stereocenters. The molecule has 2 aromatic rings. The molecule has 1 unspecified atom stereocenters. The van der Waals surface area contributed by atoms with Gasteiger partial charge < -0.3 is 15.4 Å². The molecule has 0 aliphatic carbocycles. The minimum absolute atomic E-state index is 0.160. The molecule has 22 heavy (non-hydrogen) atoms. The Kier molecular flexibility index (Phi) is 5.55. The molecule has 0 saturated heterocycles. The van der Waals surface area contributed by atoms with Crippen LogP contribution in [0.4, 0.5) is 10.5 Å². The van der Waals surface area contributed by atoms with Gasteiger partial charge in [0, 0.05) is 26.4 Å². The van der Waals surface area contributed by atoms with Gasteiger partial charge in [-0.2, -0.15) is 5.10 Å². The number of urea groups is 1. The minimum atomic E-state index is -0.267. The standard InChI is InChI=1S/C16H22N4O2/c1-4-22-15(13-8-6-5-7-9-13)10-17-16(21)18-14-11-20(3)19-12(14)2/h5-9,11,15H,4,10H2,1-3H3,(H2,17,18,21). The summed E-state index contributed by atoms with van der Waals surface area (Å²) in [5.74, 6) is 0. The van der Waals surface area contributed by atoms with Crippen molar-refractivity contribution < 1.29 is 9.53 Å². The van der Waals surface area contributed by atoms with Gasteiger partial charge in [0.15, 0.2) is 0 Å². The van der Waals surface area contributed by atoms with Gasteiger partial charge in [0.1, 0.15) is 0 Å². The summed E-state index contributed by atoms with van der Waals surface area (Å²) in [5, 5.41) is 9.82. The average Bonchev–Trinajstić information content (AvgIpc) is 2.82. The SMILES string of the molecule is CCOC(CNC(=O)Nc1cn(C)nc1C)c1ccccc1. The van der Waals surface area contributed by atoms with Crippen molar-refractivity contribution >= 4 is 11.7 Å².